The summed E-state index contributed by atoms with van der Waals surface area (Å²) in [5, 5.41) is 0.358. The molecule has 0 aromatic carbocycles. The van der Waals surface area contributed by atoms with Gasteiger partial charge in [-0.05, 0) is 0 Å². The third kappa shape index (κ3) is 3.05. The highest BCUT2D eigenvalue weighted by molar-refractivity contribution is 7.81. The largest absolute Gasteiger partial charge is 0.400 e. The maximum absolute atomic E-state index is 5.19. The van der Waals surface area contributed by atoms with Crippen LogP contribution in [0.25, 0.3) is 0 Å². The number of rotatable bonds is 4. The van der Waals surface area contributed by atoms with Crippen LogP contribution in [0.5, 0.6) is 0 Å². The molecule has 0 aliphatic carbocycles. The van der Waals surface area contributed by atoms with E-state index in [2.05, 4.69) is 26.5 Å². The summed E-state index contributed by atoms with van der Waals surface area (Å²) in [7, 11) is 1.98. The van der Waals surface area contributed by atoms with Crippen LogP contribution in [0.3, 0.4) is 0 Å². The molecule has 0 fully saturated rings. The van der Waals surface area contributed by atoms with E-state index in [-0.39, 0.29) is 0 Å². The molecule has 0 bridgehead atoms. The fourth-order valence-electron chi connectivity index (χ4n) is 0.753. The number of hydrogen-bond acceptors (Lipinski definition) is 3. The number of hydrogen-bond donors (Lipinski definition) is 1. The fraction of sp³-hybridized carbons (Fsp3) is 1.00. The van der Waals surface area contributed by atoms with Crippen LogP contribution in [-0.2, 0) is 8.85 Å². The zero-order valence-electron chi connectivity index (χ0n) is 7.00. The molecule has 0 aromatic rings. The summed E-state index contributed by atoms with van der Waals surface area (Å²) in [6.45, 7) is 4.17. The van der Waals surface area contributed by atoms with Gasteiger partial charge in [0.05, 0.1) is 0 Å². The third-order valence-electron chi connectivity index (χ3n) is 1.65. The summed E-state index contributed by atoms with van der Waals surface area (Å²) in [6.07, 6.45) is 0. The molecule has 0 rings (SSSR count). The van der Waals surface area contributed by atoms with Gasteiger partial charge in [-0.2, -0.15) is 12.6 Å². The molecule has 0 aliphatic heterocycles. The first kappa shape index (κ1) is 10.5. The first-order chi connectivity index (χ1) is 4.63. The van der Waals surface area contributed by atoms with Crippen molar-refractivity contribution in [2.75, 3.05) is 14.2 Å². The van der Waals surface area contributed by atoms with Crippen molar-refractivity contribution in [1.82, 2.24) is 0 Å². The Labute approximate surface area is 70.2 Å². The molecule has 0 spiro atoms. The molecule has 62 valence electrons. The van der Waals surface area contributed by atoms with E-state index >= 15 is 0 Å². The lowest BCUT2D eigenvalue weighted by molar-refractivity contribution is 0.267. The van der Waals surface area contributed by atoms with Crippen LogP contribution < -0.4 is 0 Å². The molecule has 10 heavy (non-hydrogen) atoms. The van der Waals surface area contributed by atoms with Gasteiger partial charge in [0.25, 0.3) is 0 Å². The van der Waals surface area contributed by atoms with Crippen molar-refractivity contribution < 1.29 is 8.85 Å². The molecule has 0 radical (unpaired) electrons. The minimum absolute atomic E-state index is 0.358. The van der Waals surface area contributed by atoms with Gasteiger partial charge in [0.2, 0.25) is 0 Å². The molecule has 0 aliphatic rings. The maximum Gasteiger partial charge on any atom is 0.324 e. The van der Waals surface area contributed by atoms with Crippen molar-refractivity contribution in [3.63, 3.8) is 0 Å². The molecule has 0 heterocycles. The molecule has 0 saturated heterocycles. The lowest BCUT2D eigenvalue weighted by Gasteiger charge is -2.20. The summed E-state index contributed by atoms with van der Waals surface area (Å²) in [5.41, 5.74) is 0.457. The second-order valence-corrected chi connectivity index (χ2v) is 5.99. The maximum atomic E-state index is 5.19. The molecule has 0 N–H and O–H groups in total. The van der Waals surface area contributed by atoms with Gasteiger partial charge >= 0.3 is 9.28 Å². The standard InChI is InChI=1S/C6H16O2SSi/c1-5(9)6(2)10(7-3)8-4/h5-6,9-10H,1-4H3. The second kappa shape index (κ2) is 5.18. The summed E-state index contributed by atoms with van der Waals surface area (Å²) < 4.78 is 10.4. The minimum Gasteiger partial charge on any atom is -0.400 e. The highest BCUT2D eigenvalue weighted by atomic mass is 32.1. The van der Waals surface area contributed by atoms with E-state index in [1.807, 2.05) is 0 Å². The van der Waals surface area contributed by atoms with E-state index in [4.69, 9.17) is 8.85 Å². The fourth-order valence-corrected chi connectivity index (χ4v) is 2.68. The van der Waals surface area contributed by atoms with Crippen LogP contribution in [0.2, 0.25) is 5.54 Å². The highest BCUT2D eigenvalue weighted by Gasteiger charge is 2.22. The van der Waals surface area contributed by atoms with Crippen LogP contribution >= 0.6 is 12.6 Å². The van der Waals surface area contributed by atoms with Crippen molar-refractivity contribution in [2.45, 2.75) is 24.6 Å². The third-order valence-corrected chi connectivity index (χ3v) is 4.81. The molecule has 0 amide bonds. The predicted octanol–water partition coefficient (Wildman–Crippen LogP) is 1.21. The Hall–Kier alpha value is 0.487. The minimum atomic E-state index is -1.42. The lowest BCUT2D eigenvalue weighted by atomic mass is 10.4. The van der Waals surface area contributed by atoms with E-state index in [0.29, 0.717) is 10.8 Å². The Morgan fingerprint density at radius 2 is 1.60 bits per heavy atom. The summed E-state index contributed by atoms with van der Waals surface area (Å²) in [6, 6.07) is 0. The Kier molecular flexibility index (Phi) is 5.43. The van der Waals surface area contributed by atoms with Gasteiger partial charge in [0.15, 0.2) is 0 Å². The summed E-state index contributed by atoms with van der Waals surface area (Å²) >= 11 is 4.31. The molecule has 4 heteroatoms. The van der Waals surface area contributed by atoms with Gasteiger partial charge in [-0.1, -0.05) is 13.8 Å². The molecular weight excluding hydrogens is 164 g/mol. The summed E-state index contributed by atoms with van der Waals surface area (Å²) in [5.74, 6) is 0. The van der Waals surface area contributed by atoms with E-state index < -0.39 is 9.28 Å². The van der Waals surface area contributed by atoms with Gasteiger partial charge in [-0.15, -0.1) is 0 Å². The summed E-state index contributed by atoms with van der Waals surface area (Å²) in [4.78, 5) is 0. The van der Waals surface area contributed by atoms with Crippen molar-refractivity contribution >= 4 is 21.9 Å². The van der Waals surface area contributed by atoms with Gasteiger partial charge in [0, 0.05) is 25.0 Å². The molecule has 2 unspecified atom stereocenters. The van der Waals surface area contributed by atoms with Crippen LogP contribution in [0, 0.1) is 0 Å². The average Bonchev–Trinajstić information content (AvgIpc) is 1.90. The van der Waals surface area contributed by atoms with Crippen LogP contribution in [0.15, 0.2) is 0 Å². The predicted molar refractivity (Wildman–Crippen MR) is 49.0 cm³/mol. The van der Waals surface area contributed by atoms with Gasteiger partial charge in [-0.3, -0.25) is 0 Å². The zero-order valence-corrected chi connectivity index (χ0v) is 9.04. The van der Waals surface area contributed by atoms with Gasteiger partial charge < -0.3 is 8.85 Å². The first-order valence-corrected chi connectivity index (χ1v) is 5.49. The smallest absolute Gasteiger partial charge is 0.324 e. The van der Waals surface area contributed by atoms with E-state index in [1.54, 1.807) is 14.2 Å². The van der Waals surface area contributed by atoms with Crippen LogP contribution in [0.1, 0.15) is 13.8 Å². The van der Waals surface area contributed by atoms with Crippen molar-refractivity contribution in [3.05, 3.63) is 0 Å². The number of thiol groups is 1. The Morgan fingerprint density at radius 3 is 1.70 bits per heavy atom. The second-order valence-electron chi connectivity index (χ2n) is 2.44. The zero-order chi connectivity index (χ0) is 8.15. The van der Waals surface area contributed by atoms with Crippen LogP contribution in [-0.4, -0.2) is 28.8 Å². The van der Waals surface area contributed by atoms with Crippen molar-refractivity contribution in [1.29, 1.82) is 0 Å². The average molecular weight is 180 g/mol. The van der Waals surface area contributed by atoms with Crippen molar-refractivity contribution in [2.24, 2.45) is 0 Å². The van der Waals surface area contributed by atoms with E-state index in [1.165, 1.54) is 0 Å². The van der Waals surface area contributed by atoms with Crippen molar-refractivity contribution in [3.8, 4) is 0 Å². The molecule has 0 aromatic heterocycles. The lowest BCUT2D eigenvalue weighted by Crippen LogP contribution is -2.28. The molecule has 0 saturated carbocycles. The Bertz CT molecular complexity index is 85.8. The first-order valence-electron chi connectivity index (χ1n) is 3.37. The molecule has 2 nitrogen and oxygen atoms in total. The topological polar surface area (TPSA) is 18.5 Å². The molecule has 2 atom stereocenters. The normalized spacial score (nSPS) is 17.4. The van der Waals surface area contributed by atoms with E-state index in [9.17, 15) is 0 Å². The van der Waals surface area contributed by atoms with Gasteiger partial charge in [-0.25, -0.2) is 0 Å². The SMILES string of the molecule is CO[SiH](OC)C(C)C(C)S. The van der Waals surface area contributed by atoms with Crippen LogP contribution in [0.4, 0.5) is 0 Å². The Balaban J connectivity index is 3.76. The van der Waals surface area contributed by atoms with E-state index in [0.717, 1.165) is 0 Å². The Morgan fingerprint density at radius 1 is 1.20 bits per heavy atom. The quantitative estimate of drug-likeness (QED) is 0.518. The molecular formula is C6H16O2SSi. The highest BCUT2D eigenvalue weighted by Crippen LogP contribution is 2.19. The van der Waals surface area contributed by atoms with Gasteiger partial charge in [0.1, 0.15) is 0 Å². The monoisotopic (exact) mass is 180 g/mol.